The highest BCUT2D eigenvalue weighted by Gasteiger charge is 2.42. The van der Waals surface area contributed by atoms with E-state index >= 15 is 0 Å². The minimum Gasteiger partial charge on any atom is -0.337 e. The van der Waals surface area contributed by atoms with Crippen LogP contribution in [-0.2, 0) is 12.8 Å². The quantitative estimate of drug-likeness (QED) is 0.863. The fourth-order valence-corrected chi connectivity index (χ4v) is 5.45. The maximum atomic E-state index is 12.7. The van der Waals surface area contributed by atoms with Crippen LogP contribution in [0.1, 0.15) is 45.8 Å². The van der Waals surface area contributed by atoms with Crippen LogP contribution in [0.5, 0.6) is 0 Å². The minimum absolute atomic E-state index is 0.256. The summed E-state index contributed by atoms with van der Waals surface area (Å²) in [5, 5.41) is 0. The molecule has 2 fully saturated rings. The zero-order valence-electron chi connectivity index (χ0n) is 11.8. The van der Waals surface area contributed by atoms with Crippen LogP contribution in [0.3, 0.4) is 0 Å². The molecule has 1 amide bonds. The van der Waals surface area contributed by atoms with E-state index in [9.17, 15) is 4.79 Å². The highest BCUT2D eigenvalue weighted by molar-refractivity contribution is 7.14. The average molecular weight is 290 g/mol. The van der Waals surface area contributed by atoms with E-state index < -0.39 is 0 Å². The summed E-state index contributed by atoms with van der Waals surface area (Å²) in [6.45, 7) is 1.81. The first-order valence-electron chi connectivity index (χ1n) is 7.89. The molecule has 1 aromatic rings. The lowest BCUT2D eigenvalue weighted by molar-refractivity contribution is 0.0784. The fourth-order valence-electron chi connectivity index (χ4n) is 4.23. The minimum atomic E-state index is 0.256. The van der Waals surface area contributed by atoms with E-state index in [1.165, 1.54) is 36.1 Å². The van der Waals surface area contributed by atoms with Gasteiger partial charge in [-0.15, -0.1) is 11.3 Å². The normalized spacial score (nSPS) is 32.2. The van der Waals surface area contributed by atoms with Gasteiger partial charge in [0.2, 0.25) is 0 Å². The summed E-state index contributed by atoms with van der Waals surface area (Å²) in [6.07, 6.45) is 7.24. The molecular formula is C16H22N2OS. The second-order valence-electron chi connectivity index (χ2n) is 6.64. The van der Waals surface area contributed by atoms with E-state index in [0.717, 1.165) is 30.8 Å². The lowest BCUT2D eigenvalue weighted by atomic mass is 9.98. The Labute approximate surface area is 124 Å². The zero-order chi connectivity index (χ0) is 13.7. The van der Waals surface area contributed by atoms with Gasteiger partial charge in [-0.2, -0.15) is 0 Å². The Balaban J connectivity index is 1.52. The van der Waals surface area contributed by atoms with Crippen molar-refractivity contribution in [2.75, 3.05) is 13.1 Å². The van der Waals surface area contributed by atoms with Crippen molar-refractivity contribution < 1.29 is 4.79 Å². The van der Waals surface area contributed by atoms with Crippen molar-refractivity contribution in [3.8, 4) is 0 Å². The van der Waals surface area contributed by atoms with Crippen molar-refractivity contribution >= 4 is 17.2 Å². The molecule has 3 unspecified atom stereocenters. The largest absolute Gasteiger partial charge is 0.337 e. The lowest BCUT2D eigenvalue weighted by Crippen LogP contribution is -2.33. The molecule has 3 atom stereocenters. The van der Waals surface area contributed by atoms with Crippen LogP contribution in [0.4, 0.5) is 0 Å². The highest BCUT2D eigenvalue weighted by atomic mass is 32.1. The Morgan fingerprint density at radius 2 is 2.10 bits per heavy atom. The predicted octanol–water partition coefficient (Wildman–Crippen LogP) is 2.44. The van der Waals surface area contributed by atoms with Gasteiger partial charge < -0.3 is 10.6 Å². The van der Waals surface area contributed by atoms with Gasteiger partial charge in [0.15, 0.2) is 0 Å². The average Bonchev–Trinajstić information content (AvgIpc) is 3.13. The first-order valence-corrected chi connectivity index (χ1v) is 8.70. The molecule has 2 N–H and O–H groups in total. The number of hydrogen-bond donors (Lipinski definition) is 1. The van der Waals surface area contributed by atoms with Crippen molar-refractivity contribution in [3.05, 3.63) is 21.4 Å². The smallest absolute Gasteiger partial charge is 0.263 e. The molecule has 0 bridgehead atoms. The number of thiophene rings is 1. The highest BCUT2D eigenvalue weighted by Crippen LogP contribution is 2.38. The third kappa shape index (κ3) is 2.01. The van der Waals surface area contributed by atoms with Crippen molar-refractivity contribution in [2.45, 2.75) is 44.6 Å². The predicted molar refractivity (Wildman–Crippen MR) is 81.1 cm³/mol. The van der Waals surface area contributed by atoms with Crippen molar-refractivity contribution in [3.63, 3.8) is 0 Å². The van der Waals surface area contributed by atoms with Crippen molar-refractivity contribution in [2.24, 2.45) is 17.6 Å². The molecule has 2 heterocycles. The molecule has 3 aliphatic rings. The van der Waals surface area contributed by atoms with E-state index in [1.54, 1.807) is 11.3 Å². The number of carbonyl (C=O) groups is 1. The summed E-state index contributed by atoms with van der Waals surface area (Å²) in [4.78, 5) is 17.2. The maximum absolute atomic E-state index is 12.7. The van der Waals surface area contributed by atoms with Crippen LogP contribution in [0.25, 0.3) is 0 Å². The molecule has 0 spiro atoms. The number of carbonyl (C=O) groups excluding carboxylic acids is 1. The van der Waals surface area contributed by atoms with Gasteiger partial charge in [-0.25, -0.2) is 0 Å². The van der Waals surface area contributed by atoms with Crippen LogP contribution in [0.2, 0.25) is 0 Å². The molecule has 1 aliphatic heterocycles. The van der Waals surface area contributed by atoms with E-state index in [2.05, 4.69) is 11.0 Å². The molecule has 108 valence electrons. The van der Waals surface area contributed by atoms with Crippen LogP contribution in [-0.4, -0.2) is 29.9 Å². The van der Waals surface area contributed by atoms with Crippen molar-refractivity contribution in [1.82, 2.24) is 4.90 Å². The Morgan fingerprint density at radius 1 is 1.25 bits per heavy atom. The van der Waals surface area contributed by atoms with Crippen LogP contribution in [0, 0.1) is 11.8 Å². The Hall–Kier alpha value is -0.870. The molecule has 1 aromatic heterocycles. The van der Waals surface area contributed by atoms with Crippen molar-refractivity contribution in [1.29, 1.82) is 0 Å². The fraction of sp³-hybridized carbons (Fsp3) is 0.688. The van der Waals surface area contributed by atoms with E-state index in [1.807, 2.05) is 0 Å². The maximum Gasteiger partial charge on any atom is 0.263 e. The summed E-state index contributed by atoms with van der Waals surface area (Å²) in [6, 6.07) is 2.48. The number of aryl methyl sites for hydroxylation is 2. The van der Waals surface area contributed by atoms with Gasteiger partial charge in [-0.05, 0) is 62.0 Å². The van der Waals surface area contributed by atoms with Gasteiger partial charge in [-0.3, -0.25) is 4.79 Å². The van der Waals surface area contributed by atoms with E-state index in [0.29, 0.717) is 17.9 Å². The third-order valence-corrected chi connectivity index (χ3v) is 6.63. The molecule has 0 aromatic carbocycles. The van der Waals surface area contributed by atoms with E-state index in [-0.39, 0.29) is 5.91 Å². The molecule has 3 nitrogen and oxygen atoms in total. The molecule has 2 aliphatic carbocycles. The number of nitrogens with zero attached hydrogens (tertiary/aromatic N) is 1. The molecule has 4 heteroatoms. The number of likely N-dealkylation sites (tertiary alicyclic amines) is 1. The molecule has 4 rings (SSSR count). The summed E-state index contributed by atoms with van der Waals surface area (Å²) >= 11 is 1.74. The summed E-state index contributed by atoms with van der Waals surface area (Å²) < 4.78 is 0. The number of rotatable bonds is 1. The summed E-state index contributed by atoms with van der Waals surface area (Å²) in [5.41, 5.74) is 7.60. The van der Waals surface area contributed by atoms with Gasteiger partial charge >= 0.3 is 0 Å². The summed E-state index contributed by atoms with van der Waals surface area (Å²) in [7, 11) is 0. The van der Waals surface area contributed by atoms with E-state index in [4.69, 9.17) is 5.73 Å². The second kappa shape index (κ2) is 4.85. The zero-order valence-corrected chi connectivity index (χ0v) is 12.6. The number of fused-ring (bicyclic) bond motifs is 2. The topological polar surface area (TPSA) is 46.3 Å². The SMILES string of the molecule is NC1CCC2CN(C(=O)c3cc4c(s3)CCCC4)CC12. The molecule has 1 saturated carbocycles. The first-order chi connectivity index (χ1) is 9.72. The van der Waals surface area contributed by atoms with Crippen LogP contribution >= 0.6 is 11.3 Å². The monoisotopic (exact) mass is 290 g/mol. The van der Waals surface area contributed by atoms with Gasteiger partial charge in [0.05, 0.1) is 4.88 Å². The first kappa shape index (κ1) is 12.8. The standard InChI is InChI=1S/C16H22N2OS/c17-13-6-5-11-8-18(9-12(11)13)16(19)15-7-10-3-1-2-4-14(10)20-15/h7,11-13H,1-6,8-9,17H2. The van der Waals surface area contributed by atoms with Gasteiger partial charge in [0.1, 0.15) is 0 Å². The van der Waals surface area contributed by atoms with Crippen LogP contribution in [0.15, 0.2) is 6.07 Å². The van der Waals surface area contributed by atoms with Gasteiger partial charge in [-0.1, -0.05) is 0 Å². The Morgan fingerprint density at radius 3 is 2.90 bits per heavy atom. The third-order valence-electron chi connectivity index (χ3n) is 5.41. The molecule has 20 heavy (non-hydrogen) atoms. The number of nitrogens with two attached hydrogens (primary N) is 1. The Bertz CT molecular complexity index is 515. The number of hydrogen-bond acceptors (Lipinski definition) is 3. The lowest BCUT2D eigenvalue weighted by Gasteiger charge is -2.17. The van der Waals surface area contributed by atoms with Gasteiger partial charge in [0, 0.05) is 24.0 Å². The number of amides is 1. The molecule has 0 radical (unpaired) electrons. The van der Waals surface area contributed by atoms with Gasteiger partial charge in [0.25, 0.3) is 5.91 Å². The molecule has 1 saturated heterocycles. The van der Waals surface area contributed by atoms with Crippen LogP contribution < -0.4 is 5.73 Å². The second-order valence-corrected chi connectivity index (χ2v) is 7.78. The molecular weight excluding hydrogens is 268 g/mol. The Kier molecular flexibility index (Phi) is 3.11. The summed E-state index contributed by atoms with van der Waals surface area (Å²) in [5.74, 6) is 1.46.